The molecule has 0 aliphatic carbocycles. The van der Waals surface area contributed by atoms with Crippen molar-refractivity contribution < 1.29 is 4.79 Å². The molecular weight excluding hydrogens is 293 g/mol. The lowest BCUT2D eigenvalue weighted by Crippen LogP contribution is -2.08. The van der Waals surface area contributed by atoms with Gasteiger partial charge in [-0.2, -0.15) is 0 Å². The normalized spacial score (nSPS) is 10.8. The van der Waals surface area contributed by atoms with Crippen LogP contribution >= 0.6 is 23.2 Å². The van der Waals surface area contributed by atoms with Gasteiger partial charge >= 0.3 is 0 Å². The van der Waals surface area contributed by atoms with E-state index >= 15 is 0 Å². The van der Waals surface area contributed by atoms with Crippen LogP contribution in [0.2, 0.25) is 10.0 Å². The number of para-hydroxylation sites is 1. The predicted molar refractivity (Wildman–Crippen MR) is 85.3 cm³/mol. The molecule has 0 aliphatic heterocycles. The molecule has 1 amide bonds. The number of hydrogen-bond acceptors (Lipinski definition) is 1. The minimum atomic E-state index is -0.203. The quantitative estimate of drug-likeness (QED) is 0.798. The Morgan fingerprint density at radius 2 is 1.90 bits per heavy atom. The lowest BCUT2D eigenvalue weighted by atomic mass is 10.2. The van der Waals surface area contributed by atoms with Crippen molar-refractivity contribution in [2.24, 2.45) is 0 Å². The smallest absolute Gasteiger partial charge is 0.248 e. The molecule has 0 atom stereocenters. The monoisotopic (exact) mass is 305 g/mol. The molecule has 0 aliphatic rings. The first-order valence-corrected chi connectivity index (χ1v) is 6.81. The molecule has 2 aromatic carbocycles. The van der Waals surface area contributed by atoms with Crippen molar-refractivity contribution >= 4 is 40.9 Å². The molecule has 0 bridgehead atoms. The van der Waals surface area contributed by atoms with Gasteiger partial charge in [0.25, 0.3) is 0 Å². The summed E-state index contributed by atoms with van der Waals surface area (Å²) in [5.74, 6) is -0.203. The molecule has 102 valence electrons. The van der Waals surface area contributed by atoms with Gasteiger partial charge in [-0.15, -0.1) is 0 Å². The van der Waals surface area contributed by atoms with Crippen LogP contribution in [0.3, 0.4) is 0 Å². The second kappa shape index (κ2) is 6.60. The molecule has 20 heavy (non-hydrogen) atoms. The number of carbonyl (C=O) groups is 1. The van der Waals surface area contributed by atoms with Gasteiger partial charge < -0.3 is 5.32 Å². The number of rotatable bonds is 3. The first-order valence-electron chi connectivity index (χ1n) is 6.06. The first-order chi connectivity index (χ1) is 9.56. The lowest BCUT2D eigenvalue weighted by molar-refractivity contribution is -0.111. The van der Waals surface area contributed by atoms with E-state index in [1.165, 1.54) is 6.08 Å². The summed E-state index contributed by atoms with van der Waals surface area (Å²) in [7, 11) is 0. The van der Waals surface area contributed by atoms with Gasteiger partial charge in [-0.25, -0.2) is 0 Å². The highest BCUT2D eigenvalue weighted by atomic mass is 35.5. The number of nitrogens with one attached hydrogen (secondary N) is 1. The highest BCUT2D eigenvalue weighted by Gasteiger charge is 2.02. The molecule has 0 saturated heterocycles. The molecule has 0 heterocycles. The Kier molecular flexibility index (Phi) is 4.83. The van der Waals surface area contributed by atoms with Crippen molar-refractivity contribution in [2.45, 2.75) is 6.92 Å². The van der Waals surface area contributed by atoms with E-state index in [-0.39, 0.29) is 5.91 Å². The van der Waals surface area contributed by atoms with Gasteiger partial charge in [-0.3, -0.25) is 4.79 Å². The molecule has 2 rings (SSSR count). The van der Waals surface area contributed by atoms with Crippen molar-refractivity contribution in [2.75, 3.05) is 5.32 Å². The SMILES string of the molecule is Cc1ccccc1NC(=O)/C=C/c1ccc(Cl)cc1Cl. The fraction of sp³-hybridized carbons (Fsp3) is 0.0625. The number of carbonyl (C=O) groups excluding carboxylic acids is 1. The second-order valence-electron chi connectivity index (χ2n) is 4.30. The summed E-state index contributed by atoms with van der Waals surface area (Å²) < 4.78 is 0. The van der Waals surface area contributed by atoms with Crippen molar-refractivity contribution in [3.05, 3.63) is 69.7 Å². The van der Waals surface area contributed by atoms with E-state index in [4.69, 9.17) is 23.2 Å². The Morgan fingerprint density at radius 3 is 2.60 bits per heavy atom. The molecule has 0 unspecified atom stereocenters. The van der Waals surface area contributed by atoms with Gasteiger partial charge in [0.15, 0.2) is 0 Å². The van der Waals surface area contributed by atoms with Gasteiger partial charge in [0.1, 0.15) is 0 Å². The van der Waals surface area contributed by atoms with Gasteiger partial charge in [0.05, 0.1) is 0 Å². The maximum atomic E-state index is 11.8. The summed E-state index contributed by atoms with van der Waals surface area (Å²) >= 11 is 11.8. The topological polar surface area (TPSA) is 29.1 Å². The number of benzene rings is 2. The van der Waals surface area contributed by atoms with E-state index in [1.807, 2.05) is 31.2 Å². The number of amides is 1. The van der Waals surface area contributed by atoms with E-state index < -0.39 is 0 Å². The molecule has 1 N–H and O–H groups in total. The number of hydrogen-bond donors (Lipinski definition) is 1. The fourth-order valence-electron chi connectivity index (χ4n) is 1.69. The summed E-state index contributed by atoms with van der Waals surface area (Å²) in [4.78, 5) is 11.8. The summed E-state index contributed by atoms with van der Waals surface area (Å²) in [5, 5.41) is 3.89. The Balaban J connectivity index is 2.08. The highest BCUT2D eigenvalue weighted by molar-refractivity contribution is 6.35. The van der Waals surface area contributed by atoms with E-state index in [9.17, 15) is 4.79 Å². The number of halogens is 2. The summed E-state index contributed by atoms with van der Waals surface area (Å²) in [6.07, 6.45) is 3.10. The zero-order valence-electron chi connectivity index (χ0n) is 10.9. The molecule has 0 radical (unpaired) electrons. The fourth-order valence-corrected chi connectivity index (χ4v) is 2.16. The summed E-state index contributed by atoms with van der Waals surface area (Å²) in [6, 6.07) is 12.7. The standard InChI is InChI=1S/C16H13Cl2NO/c1-11-4-2-3-5-15(11)19-16(20)9-7-12-6-8-13(17)10-14(12)18/h2-10H,1H3,(H,19,20)/b9-7+. The van der Waals surface area contributed by atoms with Crippen LogP contribution in [0, 0.1) is 6.92 Å². The minimum Gasteiger partial charge on any atom is -0.322 e. The Bertz CT molecular complexity index is 665. The van der Waals surface area contributed by atoms with Crippen LogP contribution in [0.25, 0.3) is 6.08 Å². The zero-order valence-corrected chi connectivity index (χ0v) is 12.4. The van der Waals surface area contributed by atoms with Crippen molar-refractivity contribution in [1.82, 2.24) is 0 Å². The second-order valence-corrected chi connectivity index (χ2v) is 5.15. The van der Waals surface area contributed by atoms with E-state index in [0.29, 0.717) is 10.0 Å². The lowest BCUT2D eigenvalue weighted by Gasteiger charge is -2.05. The van der Waals surface area contributed by atoms with E-state index in [1.54, 1.807) is 24.3 Å². The van der Waals surface area contributed by atoms with Crippen LogP contribution in [-0.2, 0) is 4.79 Å². The summed E-state index contributed by atoms with van der Waals surface area (Å²) in [6.45, 7) is 1.94. The third kappa shape index (κ3) is 3.86. The van der Waals surface area contributed by atoms with E-state index in [0.717, 1.165) is 16.8 Å². The van der Waals surface area contributed by atoms with Gasteiger partial charge in [-0.1, -0.05) is 47.5 Å². The van der Waals surface area contributed by atoms with Gasteiger partial charge in [-0.05, 0) is 42.3 Å². The van der Waals surface area contributed by atoms with Crippen LogP contribution in [-0.4, -0.2) is 5.91 Å². The molecule has 4 heteroatoms. The molecule has 2 nitrogen and oxygen atoms in total. The third-order valence-corrected chi connectivity index (χ3v) is 3.34. The van der Waals surface area contributed by atoms with Crippen LogP contribution < -0.4 is 5.32 Å². The minimum absolute atomic E-state index is 0.203. The number of aryl methyl sites for hydroxylation is 1. The molecule has 0 spiro atoms. The van der Waals surface area contributed by atoms with Crippen LogP contribution in [0.4, 0.5) is 5.69 Å². The third-order valence-electron chi connectivity index (χ3n) is 2.78. The first kappa shape index (κ1) is 14.6. The van der Waals surface area contributed by atoms with Gasteiger partial charge in [0, 0.05) is 21.8 Å². The van der Waals surface area contributed by atoms with Gasteiger partial charge in [0.2, 0.25) is 5.91 Å². The molecular formula is C16H13Cl2NO. The average Bonchev–Trinajstić information content (AvgIpc) is 2.40. The number of anilines is 1. The van der Waals surface area contributed by atoms with Crippen LogP contribution in [0.5, 0.6) is 0 Å². The Hall–Kier alpha value is -1.77. The van der Waals surface area contributed by atoms with Crippen LogP contribution in [0.15, 0.2) is 48.5 Å². The maximum Gasteiger partial charge on any atom is 0.248 e. The summed E-state index contributed by atoms with van der Waals surface area (Å²) in [5.41, 5.74) is 2.55. The molecule has 0 aromatic heterocycles. The molecule has 2 aromatic rings. The van der Waals surface area contributed by atoms with Crippen molar-refractivity contribution in [3.63, 3.8) is 0 Å². The van der Waals surface area contributed by atoms with Crippen LogP contribution in [0.1, 0.15) is 11.1 Å². The maximum absolute atomic E-state index is 11.8. The van der Waals surface area contributed by atoms with Crippen molar-refractivity contribution in [3.8, 4) is 0 Å². The Morgan fingerprint density at radius 1 is 1.15 bits per heavy atom. The predicted octanol–water partition coefficient (Wildman–Crippen LogP) is 4.95. The average molecular weight is 306 g/mol. The van der Waals surface area contributed by atoms with Crippen molar-refractivity contribution in [1.29, 1.82) is 0 Å². The molecule has 0 saturated carbocycles. The zero-order chi connectivity index (χ0) is 14.5. The van der Waals surface area contributed by atoms with E-state index in [2.05, 4.69) is 5.32 Å². The highest BCUT2D eigenvalue weighted by Crippen LogP contribution is 2.22. The Labute approximate surface area is 128 Å². The largest absolute Gasteiger partial charge is 0.322 e. The molecule has 0 fully saturated rings.